The van der Waals surface area contributed by atoms with Crippen molar-refractivity contribution in [2.45, 2.75) is 53.2 Å². The van der Waals surface area contributed by atoms with Crippen LogP contribution in [0.25, 0.3) is 0 Å². The summed E-state index contributed by atoms with van der Waals surface area (Å²) in [6.45, 7) is 10.3. The number of rotatable bonds is 5. The second-order valence-electron chi connectivity index (χ2n) is 5.83. The number of aliphatic hydroxyl groups is 1. The minimum absolute atomic E-state index is 0.441. The molecule has 1 heterocycles. The van der Waals surface area contributed by atoms with Gasteiger partial charge >= 0.3 is 0 Å². The average molecular weight is 305 g/mol. The molecule has 21 heavy (non-hydrogen) atoms. The molecule has 0 unspecified atom stereocenters. The number of nitrogens with zero attached hydrogens (tertiary/aromatic N) is 1. The molecule has 0 radical (unpaired) electrons. The summed E-state index contributed by atoms with van der Waals surface area (Å²) in [5, 5.41) is 11.1. The molecular formula is C17H23NO2S. The zero-order valence-corrected chi connectivity index (χ0v) is 14.2. The fourth-order valence-electron chi connectivity index (χ4n) is 2.13. The normalized spacial score (nSPS) is 11.7. The monoisotopic (exact) mass is 305 g/mol. The Morgan fingerprint density at radius 1 is 1.24 bits per heavy atom. The molecule has 0 fully saturated rings. The Balaban J connectivity index is 2.13. The van der Waals surface area contributed by atoms with Crippen LogP contribution in [0.1, 0.15) is 47.5 Å². The highest BCUT2D eigenvalue weighted by Gasteiger charge is 2.24. The van der Waals surface area contributed by atoms with Crippen molar-refractivity contribution < 1.29 is 9.84 Å². The van der Waals surface area contributed by atoms with Gasteiger partial charge in [0.15, 0.2) is 0 Å². The molecule has 0 saturated carbocycles. The van der Waals surface area contributed by atoms with Gasteiger partial charge in [0.25, 0.3) is 0 Å². The van der Waals surface area contributed by atoms with Crippen molar-refractivity contribution in [3.63, 3.8) is 0 Å². The first-order valence-corrected chi connectivity index (χ1v) is 8.04. The Bertz CT molecular complexity index is 626. The molecule has 0 saturated heterocycles. The van der Waals surface area contributed by atoms with E-state index in [1.807, 2.05) is 12.1 Å². The molecule has 114 valence electrons. The third-order valence-electron chi connectivity index (χ3n) is 3.47. The maximum absolute atomic E-state index is 10.2. The predicted molar refractivity (Wildman–Crippen MR) is 87.0 cm³/mol. The summed E-state index contributed by atoms with van der Waals surface area (Å²) in [6, 6.07) is 6.08. The number of aryl methyl sites for hydroxylation is 3. The molecule has 0 bridgehead atoms. The third kappa shape index (κ3) is 3.83. The van der Waals surface area contributed by atoms with E-state index in [1.54, 1.807) is 13.8 Å². The lowest BCUT2D eigenvalue weighted by atomic mass is 10.1. The molecule has 0 aliphatic heterocycles. The summed E-state index contributed by atoms with van der Waals surface area (Å²) < 4.78 is 5.82. The highest BCUT2D eigenvalue weighted by molar-refractivity contribution is 7.11. The molecule has 1 aromatic carbocycles. The van der Waals surface area contributed by atoms with Crippen LogP contribution in [0.2, 0.25) is 0 Å². The first-order chi connectivity index (χ1) is 9.81. The first-order valence-electron chi connectivity index (χ1n) is 7.22. The average Bonchev–Trinajstić information content (AvgIpc) is 2.83. The molecule has 1 aromatic heterocycles. The van der Waals surface area contributed by atoms with E-state index < -0.39 is 5.60 Å². The van der Waals surface area contributed by atoms with Gasteiger partial charge in [-0.3, -0.25) is 0 Å². The van der Waals surface area contributed by atoms with Crippen molar-refractivity contribution in [2.24, 2.45) is 0 Å². The molecule has 0 amide bonds. The SMILES string of the molecule is CCc1nc(COc2ccc(C)c(C)c2)sc1C(C)(C)O. The molecule has 3 nitrogen and oxygen atoms in total. The van der Waals surface area contributed by atoms with Gasteiger partial charge in [-0.25, -0.2) is 4.98 Å². The number of aromatic nitrogens is 1. The molecular weight excluding hydrogens is 282 g/mol. The fraction of sp³-hybridized carbons (Fsp3) is 0.471. The van der Waals surface area contributed by atoms with E-state index in [0.29, 0.717) is 6.61 Å². The summed E-state index contributed by atoms with van der Waals surface area (Å²) in [5.41, 5.74) is 2.60. The second kappa shape index (κ2) is 6.16. The smallest absolute Gasteiger partial charge is 0.140 e. The summed E-state index contributed by atoms with van der Waals surface area (Å²) in [5.74, 6) is 0.858. The summed E-state index contributed by atoms with van der Waals surface area (Å²) in [6.07, 6.45) is 0.819. The van der Waals surface area contributed by atoms with Crippen molar-refractivity contribution in [1.29, 1.82) is 0 Å². The third-order valence-corrected chi connectivity index (χ3v) is 4.86. The van der Waals surface area contributed by atoms with Crippen molar-refractivity contribution in [2.75, 3.05) is 0 Å². The number of benzene rings is 1. The van der Waals surface area contributed by atoms with Crippen LogP contribution in [0.15, 0.2) is 18.2 Å². The Labute approximate surface area is 130 Å². The summed E-state index contributed by atoms with van der Waals surface area (Å²) in [7, 11) is 0. The van der Waals surface area contributed by atoms with Gasteiger partial charge in [0.05, 0.1) is 16.2 Å². The lowest BCUT2D eigenvalue weighted by Crippen LogP contribution is -2.15. The topological polar surface area (TPSA) is 42.4 Å². The zero-order valence-electron chi connectivity index (χ0n) is 13.4. The lowest BCUT2D eigenvalue weighted by molar-refractivity contribution is 0.0814. The van der Waals surface area contributed by atoms with Gasteiger partial charge in [0, 0.05) is 0 Å². The number of thiazole rings is 1. The van der Waals surface area contributed by atoms with Gasteiger partial charge in [-0.2, -0.15) is 0 Å². The largest absolute Gasteiger partial charge is 0.486 e. The van der Waals surface area contributed by atoms with E-state index in [0.717, 1.165) is 27.7 Å². The Morgan fingerprint density at radius 3 is 2.48 bits per heavy atom. The van der Waals surface area contributed by atoms with Gasteiger partial charge in [-0.1, -0.05) is 13.0 Å². The maximum atomic E-state index is 10.2. The van der Waals surface area contributed by atoms with Crippen LogP contribution in [0.4, 0.5) is 0 Å². The highest BCUT2D eigenvalue weighted by atomic mass is 32.1. The van der Waals surface area contributed by atoms with Crippen LogP contribution in [-0.4, -0.2) is 10.1 Å². The molecule has 1 N–H and O–H groups in total. The number of hydrogen-bond donors (Lipinski definition) is 1. The van der Waals surface area contributed by atoms with E-state index in [1.165, 1.54) is 22.5 Å². The Hall–Kier alpha value is -1.39. The van der Waals surface area contributed by atoms with Gasteiger partial charge in [-0.05, 0) is 57.4 Å². The minimum atomic E-state index is -0.846. The summed E-state index contributed by atoms with van der Waals surface area (Å²) in [4.78, 5) is 5.52. The molecule has 0 atom stereocenters. The molecule has 4 heteroatoms. The number of hydrogen-bond acceptors (Lipinski definition) is 4. The zero-order chi connectivity index (χ0) is 15.6. The predicted octanol–water partition coefficient (Wildman–Crippen LogP) is 4.13. The molecule has 0 aliphatic carbocycles. The maximum Gasteiger partial charge on any atom is 0.140 e. The van der Waals surface area contributed by atoms with Crippen molar-refractivity contribution in [3.05, 3.63) is 44.9 Å². The molecule has 2 aromatic rings. The van der Waals surface area contributed by atoms with Gasteiger partial charge in [-0.15, -0.1) is 11.3 Å². The minimum Gasteiger partial charge on any atom is -0.486 e. The second-order valence-corrected chi connectivity index (χ2v) is 6.91. The van der Waals surface area contributed by atoms with Crippen molar-refractivity contribution in [1.82, 2.24) is 4.98 Å². The quantitative estimate of drug-likeness (QED) is 0.903. The number of ether oxygens (including phenoxy) is 1. The molecule has 2 rings (SSSR count). The van der Waals surface area contributed by atoms with Gasteiger partial charge < -0.3 is 9.84 Å². The lowest BCUT2D eigenvalue weighted by Gasteiger charge is -2.15. The van der Waals surface area contributed by atoms with E-state index in [9.17, 15) is 5.11 Å². The Morgan fingerprint density at radius 2 is 1.95 bits per heavy atom. The van der Waals surface area contributed by atoms with Crippen molar-refractivity contribution >= 4 is 11.3 Å². The van der Waals surface area contributed by atoms with Crippen LogP contribution in [0, 0.1) is 13.8 Å². The fourth-order valence-corrected chi connectivity index (χ4v) is 3.20. The van der Waals surface area contributed by atoms with Crippen molar-refractivity contribution in [3.8, 4) is 5.75 Å². The van der Waals surface area contributed by atoms with Crippen LogP contribution < -0.4 is 4.74 Å². The van der Waals surface area contributed by atoms with Crippen LogP contribution in [0.3, 0.4) is 0 Å². The van der Waals surface area contributed by atoms with E-state index in [-0.39, 0.29) is 0 Å². The highest BCUT2D eigenvalue weighted by Crippen LogP contribution is 2.31. The van der Waals surface area contributed by atoms with Gasteiger partial charge in [0.2, 0.25) is 0 Å². The molecule has 0 spiro atoms. The summed E-state index contributed by atoms with van der Waals surface area (Å²) >= 11 is 1.53. The Kier molecular flexibility index (Phi) is 4.69. The van der Waals surface area contributed by atoms with Crippen LogP contribution in [0.5, 0.6) is 5.75 Å². The molecule has 0 aliphatic rings. The van der Waals surface area contributed by atoms with E-state index in [4.69, 9.17) is 4.74 Å². The van der Waals surface area contributed by atoms with Gasteiger partial charge in [0.1, 0.15) is 17.4 Å². The first kappa shape index (κ1) is 16.0. The standard InChI is InChI=1S/C17H23NO2S/c1-6-14-16(17(4,5)19)21-15(18-14)10-20-13-8-7-11(2)12(3)9-13/h7-9,19H,6,10H2,1-5H3. The van der Waals surface area contributed by atoms with E-state index >= 15 is 0 Å². The van der Waals surface area contributed by atoms with E-state index in [2.05, 4.69) is 31.8 Å². The van der Waals surface area contributed by atoms with Crippen LogP contribution >= 0.6 is 11.3 Å². The van der Waals surface area contributed by atoms with Crippen LogP contribution in [-0.2, 0) is 18.6 Å².